The fraction of sp³-hybridized carbons (Fsp3) is 0.722. The molecule has 2 amide bonds. The lowest BCUT2D eigenvalue weighted by Crippen LogP contribution is -2.52. The van der Waals surface area contributed by atoms with Gasteiger partial charge >= 0.3 is 0 Å². The summed E-state index contributed by atoms with van der Waals surface area (Å²) in [5, 5.41) is 10.6. The van der Waals surface area contributed by atoms with Gasteiger partial charge in [0.05, 0.1) is 0 Å². The number of amides is 2. The van der Waals surface area contributed by atoms with E-state index < -0.39 is 0 Å². The molecule has 1 saturated carbocycles. The third kappa shape index (κ3) is 3.29. The summed E-state index contributed by atoms with van der Waals surface area (Å²) in [6, 6.07) is 0. The van der Waals surface area contributed by atoms with E-state index in [1.54, 1.807) is 0 Å². The molecule has 0 spiro atoms. The lowest BCUT2D eigenvalue weighted by atomic mass is 9.88. The lowest BCUT2D eigenvalue weighted by Gasteiger charge is -2.37. The van der Waals surface area contributed by atoms with Gasteiger partial charge in [0.25, 0.3) is 5.91 Å². The molecule has 2 aliphatic heterocycles. The molecule has 1 saturated heterocycles. The molecule has 4 rings (SSSR count). The van der Waals surface area contributed by atoms with Crippen LogP contribution in [0.4, 0.5) is 0 Å². The molecule has 0 unspecified atom stereocenters. The lowest BCUT2D eigenvalue weighted by molar-refractivity contribution is -0.138. The van der Waals surface area contributed by atoms with Gasteiger partial charge in [-0.2, -0.15) is 5.10 Å². The van der Waals surface area contributed by atoms with E-state index in [1.165, 1.54) is 19.3 Å². The van der Waals surface area contributed by atoms with Gasteiger partial charge in [0.15, 0.2) is 5.69 Å². The Morgan fingerprint density at radius 1 is 1.00 bits per heavy atom. The molecule has 0 atom stereocenters. The van der Waals surface area contributed by atoms with Gasteiger partial charge in [-0.05, 0) is 12.8 Å². The second-order valence-electron chi connectivity index (χ2n) is 7.41. The third-order valence-corrected chi connectivity index (χ3v) is 5.84. The molecule has 2 fully saturated rings. The molecule has 25 heavy (non-hydrogen) atoms. The maximum absolute atomic E-state index is 12.8. The molecule has 1 aromatic rings. The minimum atomic E-state index is -0.00837. The molecule has 136 valence electrons. The monoisotopic (exact) mass is 345 g/mol. The maximum atomic E-state index is 12.8. The average molecular weight is 345 g/mol. The smallest absolute Gasteiger partial charge is 0.274 e. The van der Waals surface area contributed by atoms with Crippen LogP contribution in [0.2, 0.25) is 0 Å². The van der Waals surface area contributed by atoms with E-state index in [0.717, 1.165) is 37.1 Å². The van der Waals surface area contributed by atoms with Gasteiger partial charge in [-0.1, -0.05) is 19.3 Å². The molecule has 7 nitrogen and oxygen atoms in total. The van der Waals surface area contributed by atoms with Crippen molar-refractivity contribution in [2.45, 2.75) is 45.1 Å². The number of H-pyrrole nitrogens is 1. The standard InChI is InChI=1S/C18H27N5O2/c24-17(13-4-2-1-3-5-13)22-8-10-23(11-9-22)18(25)16-14-12-19-7-6-15(14)20-21-16/h13,19H,1-12H2,(H,20,21). The molecule has 2 N–H and O–H groups in total. The second-order valence-corrected chi connectivity index (χ2v) is 7.41. The van der Waals surface area contributed by atoms with Crippen LogP contribution in [0, 0.1) is 5.92 Å². The van der Waals surface area contributed by atoms with Crippen LogP contribution in [0.15, 0.2) is 0 Å². The SMILES string of the molecule is O=C(c1n[nH]c2c1CNCC2)N1CCN(C(=O)C2CCCCC2)CC1. The molecule has 3 aliphatic rings. The number of nitrogens with zero attached hydrogens (tertiary/aromatic N) is 3. The van der Waals surface area contributed by atoms with Crippen LogP contribution in [-0.2, 0) is 17.8 Å². The maximum Gasteiger partial charge on any atom is 0.274 e. The second kappa shape index (κ2) is 7.15. The first-order chi connectivity index (χ1) is 12.2. The van der Waals surface area contributed by atoms with Crippen LogP contribution in [0.5, 0.6) is 0 Å². The van der Waals surface area contributed by atoms with Gasteiger partial charge in [0.2, 0.25) is 5.91 Å². The first-order valence-electron chi connectivity index (χ1n) is 9.59. The van der Waals surface area contributed by atoms with Crippen molar-refractivity contribution >= 4 is 11.8 Å². The molecule has 3 heterocycles. The molecule has 1 aromatic heterocycles. The Balaban J connectivity index is 1.36. The van der Waals surface area contributed by atoms with E-state index in [9.17, 15) is 9.59 Å². The summed E-state index contributed by atoms with van der Waals surface area (Å²) in [5.74, 6) is 0.500. The zero-order valence-electron chi connectivity index (χ0n) is 14.7. The van der Waals surface area contributed by atoms with Crippen molar-refractivity contribution in [3.05, 3.63) is 17.0 Å². The number of hydrogen-bond donors (Lipinski definition) is 2. The quantitative estimate of drug-likeness (QED) is 0.835. The molecule has 0 radical (unpaired) electrons. The molecule has 1 aliphatic carbocycles. The first kappa shape index (κ1) is 16.6. The number of carbonyl (C=O) groups is 2. The average Bonchev–Trinajstić information content (AvgIpc) is 3.12. The first-order valence-corrected chi connectivity index (χ1v) is 9.59. The van der Waals surface area contributed by atoms with Crippen molar-refractivity contribution in [2.75, 3.05) is 32.7 Å². The van der Waals surface area contributed by atoms with E-state index >= 15 is 0 Å². The zero-order valence-corrected chi connectivity index (χ0v) is 14.7. The van der Waals surface area contributed by atoms with Crippen LogP contribution in [0.25, 0.3) is 0 Å². The predicted molar refractivity (Wildman–Crippen MR) is 93.1 cm³/mol. The van der Waals surface area contributed by atoms with Crippen molar-refractivity contribution < 1.29 is 9.59 Å². The zero-order chi connectivity index (χ0) is 17.2. The third-order valence-electron chi connectivity index (χ3n) is 5.84. The highest BCUT2D eigenvalue weighted by molar-refractivity contribution is 5.94. The Hall–Kier alpha value is -1.89. The van der Waals surface area contributed by atoms with E-state index in [4.69, 9.17) is 0 Å². The van der Waals surface area contributed by atoms with Gasteiger partial charge in [-0.3, -0.25) is 14.7 Å². The summed E-state index contributed by atoms with van der Waals surface area (Å²) in [7, 11) is 0. The Kier molecular flexibility index (Phi) is 4.74. The number of hydrogen-bond acceptors (Lipinski definition) is 4. The topological polar surface area (TPSA) is 81.3 Å². The molecule has 0 aromatic carbocycles. The van der Waals surface area contributed by atoms with Crippen molar-refractivity contribution in [1.82, 2.24) is 25.3 Å². The van der Waals surface area contributed by atoms with Gasteiger partial charge < -0.3 is 15.1 Å². The minimum absolute atomic E-state index is 0.00837. The van der Waals surface area contributed by atoms with Crippen LogP contribution >= 0.6 is 0 Å². The number of piperazine rings is 1. The summed E-state index contributed by atoms with van der Waals surface area (Å²) >= 11 is 0. The highest BCUT2D eigenvalue weighted by atomic mass is 16.2. The van der Waals surface area contributed by atoms with Gasteiger partial charge in [0, 0.05) is 62.9 Å². The summed E-state index contributed by atoms with van der Waals surface area (Å²) in [4.78, 5) is 29.3. The Morgan fingerprint density at radius 3 is 2.48 bits per heavy atom. The van der Waals surface area contributed by atoms with Gasteiger partial charge in [-0.25, -0.2) is 0 Å². The molecule has 7 heteroatoms. The van der Waals surface area contributed by atoms with Crippen LogP contribution in [0.1, 0.15) is 53.8 Å². The van der Waals surface area contributed by atoms with Crippen molar-refractivity contribution in [1.29, 1.82) is 0 Å². The van der Waals surface area contributed by atoms with Crippen LogP contribution in [0.3, 0.4) is 0 Å². The Bertz CT molecular complexity index is 642. The fourth-order valence-corrected chi connectivity index (χ4v) is 4.29. The molecular formula is C18H27N5O2. The van der Waals surface area contributed by atoms with Crippen molar-refractivity contribution in [2.24, 2.45) is 5.92 Å². The number of nitrogens with one attached hydrogen (secondary N) is 2. The van der Waals surface area contributed by atoms with E-state index in [-0.39, 0.29) is 11.8 Å². The Labute approximate surface area is 148 Å². The number of rotatable bonds is 2. The number of aromatic nitrogens is 2. The minimum Gasteiger partial charge on any atom is -0.339 e. The van der Waals surface area contributed by atoms with Crippen LogP contribution in [-0.4, -0.2) is 64.5 Å². The van der Waals surface area contributed by atoms with Gasteiger partial charge in [0.1, 0.15) is 0 Å². The highest BCUT2D eigenvalue weighted by Crippen LogP contribution is 2.26. The number of aromatic amines is 1. The van der Waals surface area contributed by atoms with Crippen molar-refractivity contribution in [3.63, 3.8) is 0 Å². The molecule has 0 bridgehead atoms. The van der Waals surface area contributed by atoms with E-state index in [0.29, 0.717) is 44.3 Å². The fourth-order valence-electron chi connectivity index (χ4n) is 4.29. The normalized spacial score (nSPS) is 21.9. The number of fused-ring (bicyclic) bond motifs is 1. The van der Waals surface area contributed by atoms with Crippen LogP contribution < -0.4 is 5.32 Å². The van der Waals surface area contributed by atoms with E-state index in [2.05, 4.69) is 15.5 Å². The van der Waals surface area contributed by atoms with Gasteiger partial charge in [-0.15, -0.1) is 0 Å². The predicted octanol–water partition coefficient (Wildman–Crippen LogP) is 0.920. The Morgan fingerprint density at radius 2 is 1.72 bits per heavy atom. The van der Waals surface area contributed by atoms with E-state index in [1.807, 2.05) is 9.80 Å². The highest BCUT2D eigenvalue weighted by Gasteiger charge is 2.31. The largest absolute Gasteiger partial charge is 0.339 e. The van der Waals surface area contributed by atoms with Crippen molar-refractivity contribution in [3.8, 4) is 0 Å². The summed E-state index contributed by atoms with van der Waals surface area (Å²) in [6.07, 6.45) is 6.56. The summed E-state index contributed by atoms with van der Waals surface area (Å²) in [6.45, 7) is 4.12. The summed E-state index contributed by atoms with van der Waals surface area (Å²) < 4.78 is 0. The summed E-state index contributed by atoms with van der Waals surface area (Å²) in [5.41, 5.74) is 2.64. The number of carbonyl (C=O) groups excluding carboxylic acids is 2. The molecular weight excluding hydrogens is 318 g/mol.